The van der Waals surface area contributed by atoms with Crippen LogP contribution in [0.3, 0.4) is 0 Å². The SMILES string of the molecule is CC(CNC(=O)c1ccnc(Cl)c1[N+](=O)[O-])C(C)(C)C. The average Bonchev–Trinajstić information content (AvgIpc) is 2.33. The Morgan fingerprint density at radius 3 is 2.65 bits per heavy atom. The minimum Gasteiger partial charge on any atom is -0.352 e. The van der Waals surface area contributed by atoms with Crippen molar-refractivity contribution in [1.29, 1.82) is 0 Å². The van der Waals surface area contributed by atoms with Gasteiger partial charge in [-0.25, -0.2) is 4.98 Å². The van der Waals surface area contributed by atoms with Crippen molar-refractivity contribution in [2.24, 2.45) is 11.3 Å². The molecule has 0 aliphatic rings. The maximum absolute atomic E-state index is 12.1. The average molecular weight is 300 g/mol. The molecule has 20 heavy (non-hydrogen) atoms. The van der Waals surface area contributed by atoms with Gasteiger partial charge in [-0.05, 0) is 17.4 Å². The van der Waals surface area contributed by atoms with Crippen LogP contribution in [0.15, 0.2) is 12.3 Å². The van der Waals surface area contributed by atoms with Crippen LogP contribution in [0.4, 0.5) is 5.69 Å². The molecule has 1 N–H and O–H groups in total. The number of amides is 1. The number of carbonyl (C=O) groups excluding carboxylic acids is 1. The third-order valence-electron chi connectivity index (χ3n) is 3.35. The van der Waals surface area contributed by atoms with Crippen LogP contribution < -0.4 is 5.32 Å². The van der Waals surface area contributed by atoms with Crippen LogP contribution in [0.5, 0.6) is 0 Å². The van der Waals surface area contributed by atoms with Crippen LogP contribution in [-0.4, -0.2) is 22.4 Å². The van der Waals surface area contributed by atoms with Crippen LogP contribution in [0.25, 0.3) is 0 Å². The van der Waals surface area contributed by atoms with E-state index in [-0.39, 0.29) is 22.0 Å². The highest BCUT2D eigenvalue weighted by atomic mass is 35.5. The van der Waals surface area contributed by atoms with E-state index in [1.807, 2.05) is 6.92 Å². The van der Waals surface area contributed by atoms with Crippen molar-refractivity contribution in [1.82, 2.24) is 10.3 Å². The summed E-state index contributed by atoms with van der Waals surface area (Å²) in [7, 11) is 0. The van der Waals surface area contributed by atoms with E-state index in [4.69, 9.17) is 11.6 Å². The summed E-state index contributed by atoms with van der Waals surface area (Å²) in [6, 6.07) is 1.29. The number of nitrogens with one attached hydrogen (secondary N) is 1. The molecule has 1 rings (SSSR count). The van der Waals surface area contributed by atoms with Crippen molar-refractivity contribution in [3.8, 4) is 0 Å². The second-order valence-electron chi connectivity index (χ2n) is 5.73. The highest BCUT2D eigenvalue weighted by molar-refractivity contribution is 6.32. The summed E-state index contributed by atoms with van der Waals surface area (Å²) in [6.45, 7) is 8.63. The van der Waals surface area contributed by atoms with E-state index in [1.54, 1.807) is 0 Å². The Kier molecular flexibility index (Phi) is 5.05. The largest absolute Gasteiger partial charge is 0.352 e. The first-order valence-electron chi connectivity index (χ1n) is 6.21. The van der Waals surface area contributed by atoms with Gasteiger partial charge in [0.05, 0.1) is 4.92 Å². The molecule has 0 aliphatic carbocycles. The summed E-state index contributed by atoms with van der Waals surface area (Å²) in [5.74, 6) is -0.292. The lowest BCUT2D eigenvalue weighted by Gasteiger charge is -2.27. The maximum atomic E-state index is 12.1. The van der Waals surface area contributed by atoms with E-state index in [0.29, 0.717) is 6.54 Å². The molecule has 1 aromatic heterocycles. The zero-order valence-electron chi connectivity index (χ0n) is 11.9. The molecule has 110 valence electrons. The molecule has 6 nitrogen and oxygen atoms in total. The Labute approximate surface area is 122 Å². The van der Waals surface area contributed by atoms with Gasteiger partial charge in [-0.2, -0.15) is 0 Å². The minimum atomic E-state index is -0.697. The third-order valence-corrected chi connectivity index (χ3v) is 3.63. The molecule has 1 atom stereocenters. The predicted octanol–water partition coefficient (Wildman–Crippen LogP) is 3.06. The summed E-state index contributed by atoms with van der Waals surface area (Å²) in [5, 5.41) is 13.4. The Balaban J connectivity index is 2.89. The number of hydrogen-bond donors (Lipinski definition) is 1. The Morgan fingerprint density at radius 1 is 1.55 bits per heavy atom. The Morgan fingerprint density at radius 2 is 2.15 bits per heavy atom. The fourth-order valence-electron chi connectivity index (χ4n) is 1.43. The fraction of sp³-hybridized carbons (Fsp3) is 0.538. The van der Waals surface area contributed by atoms with E-state index in [2.05, 4.69) is 31.1 Å². The van der Waals surface area contributed by atoms with Crippen molar-refractivity contribution >= 4 is 23.2 Å². The number of rotatable bonds is 4. The number of nitrogens with zero attached hydrogens (tertiary/aromatic N) is 2. The molecule has 0 saturated carbocycles. The molecule has 0 radical (unpaired) electrons. The topological polar surface area (TPSA) is 85.1 Å². The minimum absolute atomic E-state index is 0.0368. The quantitative estimate of drug-likeness (QED) is 0.526. The number of hydrogen-bond acceptors (Lipinski definition) is 4. The molecule has 0 saturated heterocycles. The van der Waals surface area contributed by atoms with E-state index < -0.39 is 16.5 Å². The summed E-state index contributed by atoms with van der Waals surface area (Å²) < 4.78 is 0. The molecular weight excluding hydrogens is 282 g/mol. The van der Waals surface area contributed by atoms with E-state index in [1.165, 1.54) is 12.3 Å². The number of pyridine rings is 1. The first-order chi connectivity index (χ1) is 9.14. The Bertz CT molecular complexity index is 526. The van der Waals surface area contributed by atoms with Gasteiger partial charge in [0.25, 0.3) is 5.91 Å². The highest BCUT2D eigenvalue weighted by Crippen LogP contribution is 2.27. The molecule has 7 heteroatoms. The number of aromatic nitrogens is 1. The molecule has 1 unspecified atom stereocenters. The first-order valence-corrected chi connectivity index (χ1v) is 6.59. The molecule has 1 amide bonds. The third kappa shape index (κ3) is 3.90. The highest BCUT2D eigenvalue weighted by Gasteiger charge is 2.26. The van der Waals surface area contributed by atoms with Crippen molar-refractivity contribution in [2.75, 3.05) is 6.54 Å². The monoisotopic (exact) mass is 299 g/mol. The van der Waals surface area contributed by atoms with E-state index in [9.17, 15) is 14.9 Å². The summed E-state index contributed by atoms with van der Waals surface area (Å²) in [5.41, 5.74) is -0.499. The van der Waals surface area contributed by atoms with Gasteiger partial charge in [-0.15, -0.1) is 0 Å². The smallest absolute Gasteiger partial charge is 0.319 e. The van der Waals surface area contributed by atoms with Gasteiger partial charge >= 0.3 is 5.69 Å². The maximum Gasteiger partial charge on any atom is 0.319 e. The molecular formula is C13H18ClN3O3. The number of halogens is 1. The molecule has 0 aromatic carbocycles. The summed E-state index contributed by atoms with van der Waals surface area (Å²) >= 11 is 5.67. The molecule has 0 spiro atoms. The standard InChI is InChI=1S/C13H18ClN3O3/c1-8(13(2,3)4)7-16-12(18)9-5-6-15-11(14)10(9)17(19)20/h5-6,8H,7H2,1-4H3,(H,16,18). The van der Waals surface area contributed by atoms with Crippen LogP contribution in [-0.2, 0) is 0 Å². The van der Waals surface area contributed by atoms with E-state index in [0.717, 1.165) is 0 Å². The van der Waals surface area contributed by atoms with Crippen molar-refractivity contribution in [3.05, 3.63) is 33.1 Å². The van der Waals surface area contributed by atoms with Gasteiger partial charge in [0.15, 0.2) is 0 Å². The molecule has 1 aromatic rings. The van der Waals surface area contributed by atoms with Crippen molar-refractivity contribution < 1.29 is 9.72 Å². The molecule has 0 fully saturated rings. The lowest BCUT2D eigenvalue weighted by atomic mass is 9.82. The Hall–Kier alpha value is -1.69. The lowest BCUT2D eigenvalue weighted by Crippen LogP contribution is -2.34. The van der Waals surface area contributed by atoms with Crippen LogP contribution >= 0.6 is 11.6 Å². The summed E-state index contributed by atoms with van der Waals surface area (Å²) in [4.78, 5) is 25.9. The zero-order chi connectivity index (χ0) is 15.5. The van der Waals surface area contributed by atoms with E-state index >= 15 is 0 Å². The summed E-state index contributed by atoms with van der Waals surface area (Å²) in [6.07, 6.45) is 1.28. The molecule has 0 aliphatic heterocycles. The van der Waals surface area contributed by atoms with Crippen LogP contribution in [0, 0.1) is 21.4 Å². The fourth-order valence-corrected chi connectivity index (χ4v) is 1.66. The predicted molar refractivity (Wildman–Crippen MR) is 76.9 cm³/mol. The van der Waals surface area contributed by atoms with Crippen LogP contribution in [0.1, 0.15) is 38.1 Å². The second-order valence-corrected chi connectivity index (χ2v) is 6.09. The van der Waals surface area contributed by atoms with Gasteiger partial charge in [-0.3, -0.25) is 14.9 Å². The lowest BCUT2D eigenvalue weighted by molar-refractivity contribution is -0.385. The number of carbonyl (C=O) groups is 1. The molecule has 1 heterocycles. The van der Waals surface area contributed by atoms with Gasteiger partial charge in [0, 0.05) is 12.7 Å². The van der Waals surface area contributed by atoms with Gasteiger partial charge in [0.2, 0.25) is 5.15 Å². The first kappa shape index (κ1) is 16.4. The van der Waals surface area contributed by atoms with Gasteiger partial charge < -0.3 is 5.32 Å². The van der Waals surface area contributed by atoms with Crippen LogP contribution in [0.2, 0.25) is 5.15 Å². The van der Waals surface area contributed by atoms with Crippen molar-refractivity contribution in [2.45, 2.75) is 27.7 Å². The van der Waals surface area contributed by atoms with Gasteiger partial charge in [-0.1, -0.05) is 39.3 Å². The normalized spacial score (nSPS) is 12.8. The number of nitro groups is 1. The molecule has 0 bridgehead atoms. The van der Waals surface area contributed by atoms with Crippen molar-refractivity contribution in [3.63, 3.8) is 0 Å². The second kappa shape index (κ2) is 6.17. The zero-order valence-corrected chi connectivity index (χ0v) is 12.7. The van der Waals surface area contributed by atoms with Gasteiger partial charge in [0.1, 0.15) is 5.56 Å².